The number of imide groups is 1. The molecule has 0 saturated carbocycles. The molecule has 0 unspecified atom stereocenters. The number of benzene rings is 2. The van der Waals surface area contributed by atoms with Gasteiger partial charge in [0.1, 0.15) is 6.04 Å². The van der Waals surface area contributed by atoms with Crippen LogP contribution in [0.15, 0.2) is 53.0 Å². The molecule has 2 aromatic carbocycles. The van der Waals surface area contributed by atoms with Gasteiger partial charge in [0.05, 0.1) is 17.6 Å². The van der Waals surface area contributed by atoms with Crippen LogP contribution in [0.5, 0.6) is 0 Å². The molecule has 0 aliphatic carbocycles. The number of carbonyl (C=O) groups excluding carboxylic acids is 2. The molecular weight excluding hydrogens is 430 g/mol. The van der Waals surface area contributed by atoms with Crippen molar-refractivity contribution in [2.24, 2.45) is 5.92 Å². The zero-order valence-corrected chi connectivity index (χ0v) is 16.7. The molecule has 2 amide bonds. The van der Waals surface area contributed by atoms with Crippen LogP contribution in [-0.4, -0.2) is 41.0 Å². The fourth-order valence-corrected chi connectivity index (χ4v) is 5.01. The molecule has 3 aliphatic heterocycles. The summed E-state index contributed by atoms with van der Waals surface area (Å²) in [6.45, 7) is 1.68. The minimum atomic E-state index is -0.427. The van der Waals surface area contributed by atoms with E-state index in [1.807, 2.05) is 24.3 Å². The Morgan fingerprint density at radius 2 is 1.48 bits per heavy atom. The van der Waals surface area contributed by atoms with Crippen LogP contribution < -0.4 is 4.90 Å². The van der Waals surface area contributed by atoms with E-state index in [1.54, 1.807) is 24.3 Å². The van der Waals surface area contributed by atoms with E-state index in [0.29, 0.717) is 10.7 Å². The maximum absolute atomic E-state index is 13.4. The summed E-state index contributed by atoms with van der Waals surface area (Å²) in [5, 5.41) is 4.90. The summed E-state index contributed by atoms with van der Waals surface area (Å²) >= 11 is 9.44. The Labute approximate surface area is 170 Å². The highest BCUT2D eigenvalue weighted by molar-refractivity contribution is 9.10. The molecule has 0 N–H and O–H groups in total. The molecule has 3 fully saturated rings. The molecule has 3 heterocycles. The van der Waals surface area contributed by atoms with E-state index in [9.17, 15) is 9.59 Å². The predicted octanol–water partition coefficient (Wildman–Crippen LogP) is 3.64. The molecule has 3 atom stereocenters. The Morgan fingerprint density at radius 3 is 2.15 bits per heavy atom. The van der Waals surface area contributed by atoms with Gasteiger partial charge in [-0.1, -0.05) is 39.7 Å². The zero-order chi connectivity index (χ0) is 18.7. The molecule has 0 radical (unpaired) electrons. The number of fused-ring (bicyclic) bond motifs is 3. The molecule has 138 valence electrons. The third kappa shape index (κ3) is 2.58. The third-order valence-corrected chi connectivity index (χ3v) is 6.48. The van der Waals surface area contributed by atoms with E-state index in [2.05, 4.69) is 25.9 Å². The lowest BCUT2D eigenvalue weighted by Crippen LogP contribution is -2.44. The maximum Gasteiger partial charge on any atom is 0.253 e. The summed E-state index contributed by atoms with van der Waals surface area (Å²) in [4.78, 5) is 28.0. The number of anilines is 1. The molecule has 5 nitrogen and oxygen atoms in total. The van der Waals surface area contributed by atoms with E-state index in [1.165, 1.54) is 4.90 Å². The van der Waals surface area contributed by atoms with Gasteiger partial charge in [0, 0.05) is 22.6 Å². The Bertz CT molecular complexity index is 918. The van der Waals surface area contributed by atoms with Gasteiger partial charge < -0.3 is 0 Å². The van der Waals surface area contributed by atoms with Crippen molar-refractivity contribution >= 4 is 45.0 Å². The minimum Gasteiger partial charge on any atom is -0.274 e. The van der Waals surface area contributed by atoms with Crippen molar-refractivity contribution in [2.45, 2.75) is 18.5 Å². The second-order valence-corrected chi connectivity index (χ2v) is 8.49. The molecular formula is C20H17BrClN3O2. The smallest absolute Gasteiger partial charge is 0.253 e. The Kier molecular flexibility index (Phi) is 4.13. The summed E-state index contributed by atoms with van der Waals surface area (Å²) in [5.74, 6) is -0.664. The lowest BCUT2D eigenvalue weighted by Gasteiger charge is -2.29. The van der Waals surface area contributed by atoms with Crippen LogP contribution in [0.3, 0.4) is 0 Å². The summed E-state index contributed by atoms with van der Waals surface area (Å²) in [7, 11) is 0. The molecule has 0 aromatic heterocycles. The zero-order valence-electron chi connectivity index (χ0n) is 14.4. The average Bonchev–Trinajstić information content (AvgIpc) is 3.30. The molecule has 3 aliphatic rings. The first kappa shape index (κ1) is 17.4. The van der Waals surface area contributed by atoms with Crippen LogP contribution in [0.1, 0.15) is 18.0 Å². The van der Waals surface area contributed by atoms with Gasteiger partial charge in [-0.2, -0.15) is 0 Å². The number of nitrogens with zero attached hydrogens (tertiary/aromatic N) is 3. The lowest BCUT2D eigenvalue weighted by atomic mass is 9.90. The van der Waals surface area contributed by atoms with Crippen molar-refractivity contribution in [1.82, 2.24) is 10.0 Å². The van der Waals surface area contributed by atoms with Gasteiger partial charge in [-0.25, -0.2) is 14.9 Å². The van der Waals surface area contributed by atoms with Crippen molar-refractivity contribution in [1.29, 1.82) is 0 Å². The summed E-state index contributed by atoms with van der Waals surface area (Å²) in [5.41, 5.74) is 1.65. The van der Waals surface area contributed by atoms with E-state index >= 15 is 0 Å². The summed E-state index contributed by atoms with van der Waals surface area (Å²) in [6.07, 6.45) is 0.999. The van der Waals surface area contributed by atoms with Crippen LogP contribution in [0.2, 0.25) is 5.02 Å². The fourth-order valence-electron chi connectivity index (χ4n) is 4.62. The number of hydrogen-bond donors (Lipinski definition) is 0. The van der Waals surface area contributed by atoms with E-state index < -0.39 is 12.0 Å². The van der Waals surface area contributed by atoms with Gasteiger partial charge >= 0.3 is 0 Å². The molecule has 27 heavy (non-hydrogen) atoms. The average molecular weight is 447 g/mol. The number of hydrogen-bond acceptors (Lipinski definition) is 4. The van der Waals surface area contributed by atoms with Crippen LogP contribution in [-0.2, 0) is 9.59 Å². The number of hydrazine groups is 1. The third-order valence-electron chi connectivity index (χ3n) is 5.70. The SMILES string of the molecule is O=C1[C@@H]2[C@@H](C(=O)N1c1ccc(Cl)cc1)N1CCCN1[C@@H]2c1ccc(Br)cc1. The highest BCUT2D eigenvalue weighted by Gasteiger charge is 2.62. The highest BCUT2D eigenvalue weighted by Crippen LogP contribution is 2.49. The second-order valence-electron chi connectivity index (χ2n) is 7.14. The predicted molar refractivity (Wildman–Crippen MR) is 106 cm³/mol. The molecule has 3 saturated heterocycles. The molecule has 0 bridgehead atoms. The summed E-state index contributed by atoms with van der Waals surface area (Å²) in [6, 6.07) is 14.4. The van der Waals surface area contributed by atoms with Crippen LogP contribution in [0.4, 0.5) is 5.69 Å². The van der Waals surface area contributed by atoms with Crippen LogP contribution in [0.25, 0.3) is 0 Å². The second kappa shape index (κ2) is 6.41. The monoisotopic (exact) mass is 445 g/mol. The molecule has 0 spiro atoms. The highest BCUT2D eigenvalue weighted by atomic mass is 79.9. The molecule has 2 aromatic rings. The van der Waals surface area contributed by atoms with Crippen molar-refractivity contribution in [3.63, 3.8) is 0 Å². The first-order valence-corrected chi connectivity index (χ1v) is 10.2. The Balaban J connectivity index is 1.57. The Hall–Kier alpha value is -1.73. The van der Waals surface area contributed by atoms with Gasteiger partial charge in [0.15, 0.2) is 0 Å². The fraction of sp³-hybridized carbons (Fsp3) is 0.300. The van der Waals surface area contributed by atoms with Gasteiger partial charge in [0.2, 0.25) is 5.91 Å². The van der Waals surface area contributed by atoms with Crippen molar-refractivity contribution in [3.05, 3.63) is 63.6 Å². The van der Waals surface area contributed by atoms with Crippen LogP contribution in [0, 0.1) is 5.92 Å². The van der Waals surface area contributed by atoms with E-state index in [4.69, 9.17) is 11.6 Å². The number of rotatable bonds is 2. The van der Waals surface area contributed by atoms with Gasteiger partial charge in [-0.15, -0.1) is 0 Å². The standard InChI is InChI=1S/C20H17BrClN3O2/c21-13-4-2-12(3-5-13)17-16-18(24-11-1-10-23(17)24)20(27)25(19(16)26)15-8-6-14(22)7-9-15/h2-9,16-18H,1,10-11H2/t16-,17+,18-/m0/s1. The molecule has 5 rings (SSSR count). The van der Waals surface area contributed by atoms with Crippen molar-refractivity contribution in [3.8, 4) is 0 Å². The van der Waals surface area contributed by atoms with E-state index in [-0.39, 0.29) is 17.9 Å². The number of carbonyl (C=O) groups is 2. The number of amides is 2. The first-order chi connectivity index (χ1) is 13.1. The number of halogens is 2. The van der Waals surface area contributed by atoms with Crippen molar-refractivity contribution < 1.29 is 9.59 Å². The normalized spacial score (nSPS) is 28.1. The minimum absolute atomic E-state index is 0.112. The topological polar surface area (TPSA) is 43.9 Å². The molecule has 7 heteroatoms. The van der Waals surface area contributed by atoms with E-state index in [0.717, 1.165) is 29.5 Å². The van der Waals surface area contributed by atoms with Gasteiger partial charge in [-0.05, 0) is 48.4 Å². The van der Waals surface area contributed by atoms with Gasteiger partial charge in [-0.3, -0.25) is 9.59 Å². The Morgan fingerprint density at radius 1 is 0.852 bits per heavy atom. The van der Waals surface area contributed by atoms with Gasteiger partial charge in [0.25, 0.3) is 5.91 Å². The summed E-state index contributed by atoms with van der Waals surface area (Å²) < 4.78 is 0.996. The first-order valence-electron chi connectivity index (χ1n) is 8.98. The van der Waals surface area contributed by atoms with Crippen molar-refractivity contribution in [2.75, 3.05) is 18.0 Å². The largest absolute Gasteiger partial charge is 0.274 e. The van der Waals surface area contributed by atoms with Crippen LogP contribution >= 0.6 is 27.5 Å². The lowest BCUT2D eigenvalue weighted by molar-refractivity contribution is -0.126. The quantitative estimate of drug-likeness (QED) is 0.661. The maximum atomic E-state index is 13.4.